The van der Waals surface area contributed by atoms with Gasteiger partial charge in [-0.25, -0.2) is 4.79 Å². The highest BCUT2D eigenvalue weighted by atomic mass is 28.4. The number of carbonyl (C=O) groups excluding carboxylic acids is 3. The highest BCUT2D eigenvalue weighted by Gasteiger charge is 2.32. The maximum Gasteiger partial charge on any atom is 0.407 e. The van der Waals surface area contributed by atoms with Crippen LogP contribution < -0.4 is 15.4 Å². The zero-order valence-electron chi connectivity index (χ0n) is 29.4. The van der Waals surface area contributed by atoms with Crippen LogP contribution in [0.1, 0.15) is 31.4 Å². The molecule has 13 nitrogen and oxygen atoms in total. The minimum Gasteiger partial charge on any atom is -0.544 e. The van der Waals surface area contributed by atoms with Crippen molar-refractivity contribution in [3.63, 3.8) is 0 Å². The highest BCUT2D eigenvalue weighted by molar-refractivity contribution is 6.67. The lowest BCUT2D eigenvalue weighted by atomic mass is 10.1. The summed E-state index contributed by atoms with van der Waals surface area (Å²) < 4.78 is 34.0. The number of hydrogen-bond acceptors (Lipinski definition) is 10. The Bertz CT molecular complexity index is 1250. The fraction of sp³-hybridized carbons (Fsp3) is 0.571. The van der Waals surface area contributed by atoms with Crippen LogP contribution in [0.4, 0.5) is 4.79 Å². The summed E-state index contributed by atoms with van der Waals surface area (Å²) in [5, 5.41) is 5.67. The van der Waals surface area contributed by atoms with Gasteiger partial charge in [0.25, 0.3) is 0 Å². The third-order valence-corrected chi connectivity index (χ3v) is 12.0. The van der Waals surface area contributed by atoms with Gasteiger partial charge in [-0.1, -0.05) is 56.3 Å². The van der Waals surface area contributed by atoms with Gasteiger partial charge in [0.15, 0.2) is 0 Å². The molecule has 0 radical (unpaired) electrons. The van der Waals surface area contributed by atoms with Crippen molar-refractivity contribution in [3.8, 4) is 5.75 Å². The van der Waals surface area contributed by atoms with Crippen molar-refractivity contribution in [2.75, 3.05) is 80.0 Å². The molecule has 0 aliphatic carbocycles. The van der Waals surface area contributed by atoms with E-state index < -0.39 is 14.7 Å². The minimum atomic E-state index is -2.56. The van der Waals surface area contributed by atoms with Gasteiger partial charge in [0.05, 0.1) is 33.5 Å². The lowest BCUT2D eigenvalue weighted by molar-refractivity contribution is -0.135. The summed E-state index contributed by atoms with van der Waals surface area (Å²) in [6.45, 7) is 8.57. The van der Waals surface area contributed by atoms with Crippen molar-refractivity contribution in [3.05, 3.63) is 65.7 Å². The first-order chi connectivity index (χ1) is 23.8. The molecule has 1 unspecified atom stereocenters. The molecule has 2 aromatic carbocycles. The van der Waals surface area contributed by atoms with Crippen LogP contribution >= 0.6 is 0 Å². The molecular weight excluding hydrogens is 648 g/mol. The van der Waals surface area contributed by atoms with Gasteiger partial charge in [-0.3, -0.25) is 14.5 Å². The summed E-state index contributed by atoms with van der Waals surface area (Å²) >= 11 is 0. The monoisotopic (exact) mass is 702 g/mol. The topological polar surface area (TPSA) is 137 Å². The number of benzene rings is 2. The number of amides is 3. The largest absolute Gasteiger partial charge is 0.544 e. The zero-order chi connectivity index (χ0) is 35.3. The van der Waals surface area contributed by atoms with E-state index in [0.29, 0.717) is 59.2 Å². The highest BCUT2D eigenvalue weighted by Crippen LogP contribution is 2.21. The fourth-order valence-corrected chi connectivity index (χ4v) is 7.70. The van der Waals surface area contributed by atoms with E-state index in [1.807, 2.05) is 54.6 Å². The van der Waals surface area contributed by atoms with E-state index in [9.17, 15) is 14.4 Å². The number of alkyl carbamates (subject to hydrolysis) is 1. The first kappa shape index (κ1) is 39.9. The van der Waals surface area contributed by atoms with Gasteiger partial charge in [-0.2, -0.15) is 0 Å². The normalized spacial score (nSPS) is 15.1. The number of ether oxygens (including phenoxy) is 4. The second kappa shape index (κ2) is 22.2. The van der Waals surface area contributed by atoms with Crippen LogP contribution in [0, 0.1) is 0 Å². The third kappa shape index (κ3) is 14.5. The van der Waals surface area contributed by atoms with E-state index in [4.69, 9.17) is 27.8 Å². The van der Waals surface area contributed by atoms with E-state index in [1.165, 1.54) is 0 Å². The quantitative estimate of drug-likeness (QED) is 0.139. The molecule has 1 atom stereocenters. The Morgan fingerprint density at radius 1 is 0.857 bits per heavy atom. The summed E-state index contributed by atoms with van der Waals surface area (Å²) in [6.07, 6.45) is -0.441. The molecule has 1 fully saturated rings. The average Bonchev–Trinajstić information content (AvgIpc) is 3.13. The van der Waals surface area contributed by atoms with Gasteiger partial charge in [-0.15, -0.1) is 12.1 Å². The lowest BCUT2D eigenvalue weighted by Gasteiger charge is -2.47. The Hall–Kier alpha value is -3.53. The molecule has 0 saturated carbocycles. The Morgan fingerprint density at radius 3 is 2.29 bits per heavy atom. The first-order valence-corrected chi connectivity index (χ1v) is 19.2. The van der Waals surface area contributed by atoms with Crippen LogP contribution in [0.3, 0.4) is 0 Å². The molecular formula is C35H54N4O9Si-. The molecule has 3 amide bonds. The maximum absolute atomic E-state index is 13.2. The molecule has 2 aromatic rings. The average molecular weight is 703 g/mol. The minimum absolute atomic E-state index is 0.0871. The van der Waals surface area contributed by atoms with E-state index in [1.54, 1.807) is 19.1 Å². The fourth-order valence-electron chi connectivity index (χ4n) is 5.35. The second-order valence-electron chi connectivity index (χ2n) is 11.7. The summed E-state index contributed by atoms with van der Waals surface area (Å²) in [7, 11) is 0.687. The summed E-state index contributed by atoms with van der Waals surface area (Å²) in [5.74, 6) is 0.555. The van der Waals surface area contributed by atoms with Gasteiger partial charge in [0.1, 0.15) is 20.9 Å². The van der Waals surface area contributed by atoms with E-state index in [2.05, 4.69) is 29.4 Å². The van der Waals surface area contributed by atoms with E-state index in [0.717, 1.165) is 29.0 Å². The van der Waals surface area contributed by atoms with Crippen molar-refractivity contribution >= 4 is 26.5 Å². The Balaban J connectivity index is 1.56. The van der Waals surface area contributed by atoms with E-state index in [-0.39, 0.29) is 44.0 Å². The number of methoxy groups -OCH3 is 2. The molecule has 14 heteroatoms. The van der Waals surface area contributed by atoms with Gasteiger partial charge in [-0.05, 0) is 23.3 Å². The second-order valence-corrected chi connectivity index (χ2v) is 15.5. The van der Waals surface area contributed by atoms with Gasteiger partial charge in [0.2, 0.25) is 11.8 Å². The predicted molar refractivity (Wildman–Crippen MR) is 187 cm³/mol. The van der Waals surface area contributed by atoms with Crippen molar-refractivity contribution in [2.45, 2.75) is 51.5 Å². The zero-order valence-corrected chi connectivity index (χ0v) is 30.4. The molecule has 0 aromatic heterocycles. The molecule has 2 N–H and O–H groups in total. The van der Waals surface area contributed by atoms with Gasteiger partial charge < -0.3 is 43.3 Å². The first-order valence-electron chi connectivity index (χ1n) is 17.0. The molecule has 0 spiro atoms. The maximum atomic E-state index is 13.2. The number of hydrogen-bond donors (Lipinski definition) is 2. The van der Waals surface area contributed by atoms with Gasteiger partial charge in [0, 0.05) is 65.5 Å². The van der Waals surface area contributed by atoms with Crippen molar-refractivity contribution in [1.29, 1.82) is 0 Å². The van der Waals surface area contributed by atoms with Crippen molar-refractivity contribution in [2.24, 2.45) is 0 Å². The summed E-state index contributed by atoms with van der Waals surface area (Å²) in [4.78, 5) is 42.4. The molecule has 0 bridgehead atoms. The Kier molecular flexibility index (Phi) is 18.1. The molecule has 3 rings (SSSR count). The van der Waals surface area contributed by atoms with E-state index >= 15 is 0 Å². The standard InChI is InChI=1S/C35H54N4O9Si/c1-5-49(6-2,47-23-22-45-21-20-43-3)48-28-31-25-39(34(41)16-17-36-35(42)46-27-30-10-8-7-9-11-30)19-18-38(31)26-33(40)37-24-29-12-14-32(44-4)15-13-29/h7-15,31H,5-6,16-28H2,1-4H3,(H,36,42)(H,37,40)/q-1. The SMILES string of the molecule is CC[Si-](CC)(OCCOCCOC)OCC1CN(C(=O)CCNC(=O)OCc2ccccc2)CCN1CC(=O)NCc1ccc(OC)cc1. The third-order valence-electron chi connectivity index (χ3n) is 8.41. The smallest absolute Gasteiger partial charge is 0.407 e. The number of piperazine rings is 1. The Morgan fingerprint density at radius 2 is 1.59 bits per heavy atom. The Labute approximate surface area is 291 Å². The molecule has 1 aliphatic rings. The molecule has 1 saturated heterocycles. The van der Waals surface area contributed by atoms with Gasteiger partial charge >= 0.3 is 6.09 Å². The summed E-state index contributed by atoms with van der Waals surface area (Å²) in [6, 6.07) is 18.2. The lowest BCUT2D eigenvalue weighted by Crippen LogP contribution is -2.59. The van der Waals surface area contributed by atoms with Crippen molar-refractivity contribution < 1.29 is 42.2 Å². The van der Waals surface area contributed by atoms with Crippen LogP contribution in [-0.2, 0) is 45.8 Å². The van der Waals surface area contributed by atoms with Crippen LogP contribution in [0.25, 0.3) is 0 Å². The van der Waals surface area contributed by atoms with Crippen molar-refractivity contribution in [1.82, 2.24) is 20.4 Å². The van der Waals surface area contributed by atoms with Crippen LogP contribution in [-0.4, -0.2) is 122 Å². The van der Waals surface area contributed by atoms with Crippen LogP contribution in [0.5, 0.6) is 5.75 Å². The molecule has 1 heterocycles. The number of nitrogens with zero attached hydrogens (tertiary/aromatic N) is 2. The van der Waals surface area contributed by atoms with Crippen LogP contribution in [0.15, 0.2) is 54.6 Å². The number of nitrogens with one attached hydrogen (secondary N) is 2. The number of carbonyl (C=O) groups is 3. The number of rotatable bonds is 22. The molecule has 1 aliphatic heterocycles. The van der Waals surface area contributed by atoms with Crippen LogP contribution in [0.2, 0.25) is 12.1 Å². The summed E-state index contributed by atoms with van der Waals surface area (Å²) in [5.41, 5.74) is 1.85. The molecule has 49 heavy (non-hydrogen) atoms. The molecule has 273 valence electrons. The predicted octanol–water partition coefficient (Wildman–Crippen LogP) is 3.32.